The number of hydrogen-bond donors (Lipinski definition) is 1. The van der Waals surface area contributed by atoms with Crippen LogP contribution in [0.3, 0.4) is 0 Å². The number of carbonyl (C=O) groups is 2. The highest BCUT2D eigenvalue weighted by molar-refractivity contribution is 5.97. The van der Waals surface area contributed by atoms with E-state index in [0.717, 1.165) is 48.6 Å². The summed E-state index contributed by atoms with van der Waals surface area (Å²) in [7, 11) is 0. The Morgan fingerprint density at radius 1 is 1.18 bits per heavy atom. The first-order chi connectivity index (χ1) is 17.2. The third kappa shape index (κ3) is 6.47. The van der Waals surface area contributed by atoms with Crippen molar-refractivity contribution in [2.45, 2.75) is 57.5 Å². The molecule has 1 aromatic heterocycles. The number of nitrogens with one attached hydrogen (secondary N) is 1. The number of halogens is 3. The van der Waals surface area contributed by atoms with Crippen molar-refractivity contribution >= 4 is 42.3 Å². The number of nitrogens with zero attached hydrogens (tertiary/aromatic N) is 4. The molecule has 1 N–H and O–H groups in total. The minimum atomic E-state index is -0.251. The maximum absolute atomic E-state index is 13.7. The lowest BCUT2D eigenvalue weighted by Crippen LogP contribution is -2.60. The smallest absolute Gasteiger partial charge is 0.241 e. The Bertz CT molecular complexity index is 1150. The molecule has 3 aliphatic rings. The summed E-state index contributed by atoms with van der Waals surface area (Å²) in [4.78, 5) is 36.8. The highest BCUT2D eigenvalue weighted by Gasteiger charge is 2.41. The largest absolute Gasteiger partial charge is 0.341 e. The minimum absolute atomic E-state index is 0. The SMILES string of the molecule is C[C@@H]1CN(CC(=O)N2CC(C)(C)c3ncc(Cc4ccc(F)cc4)cc32)[C@@H](CN2CCCC2=O)CN1.Cl.Cl. The predicted octanol–water partition coefficient (Wildman–Crippen LogP) is 3.56. The van der Waals surface area contributed by atoms with Crippen LogP contribution in [-0.4, -0.2) is 78.0 Å². The quantitative estimate of drug-likeness (QED) is 0.580. The molecular weight excluding hydrogens is 528 g/mol. The van der Waals surface area contributed by atoms with Crippen LogP contribution in [0.4, 0.5) is 10.1 Å². The fraction of sp³-hybridized carbons (Fsp3) is 0.536. The number of fused-ring (bicyclic) bond motifs is 1. The second kappa shape index (κ2) is 12.3. The Morgan fingerprint density at radius 3 is 2.61 bits per heavy atom. The van der Waals surface area contributed by atoms with Crippen LogP contribution in [-0.2, 0) is 21.4 Å². The topological polar surface area (TPSA) is 68.8 Å². The summed E-state index contributed by atoms with van der Waals surface area (Å²) in [6, 6.07) is 8.97. The Labute approximate surface area is 237 Å². The van der Waals surface area contributed by atoms with Gasteiger partial charge in [-0.2, -0.15) is 0 Å². The van der Waals surface area contributed by atoms with Gasteiger partial charge in [0.1, 0.15) is 5.82 Å². The molecule has 0 unspecified atom stereocenters. The molecule has 10 heteroatoms. The molecule has 2 amide bonds. The van der Waals surface area contributed by atoms with Crippen molar-refractivity contribution in [2.24, 2.45) is 0 Å². The van der Waals surface area contributed by atoms with E-state index in [0.29, 0.717) is 32.5 Å². The van der Waals surface area contributed by atoms with Gasteiger partial charge in [0.2, 0.25) is 11.8 Å². The minimum Gasteiger partial charge on any atom is -0.341 e. The molecule has 2 fully saturated rings. The number of amides is 2. The Kier molecular flexibility index (Phi) is 9.79. The van der Waals surface area contributed by atoms with Crippen LogP contribution in [0, 0.1) is 5.82 Å². The van der Waals surface area contributed by atoms with Gasteiger partial charge in [0.05, 0.1) is 17.9 Å². The lowest BCUT2D eigenvalue weighted by Gasteiger charge is -2.41. The molecule has 2 atom stereocenters. The third-order valence-corrected chi connectivity index (χ3v) is 7.70. The van der Waals surface area contributed by atoms with E-state index < -0.39 is 0 Å². The summed E-state index contributed by atoms with van der Waals surface area (Å²) in [5, 5.41) is 3.52. The third-order valence-electron chi connectivity index (χ3n) is 7.70. The number of rotatable bonds is 6. The van der Waals surface area contributed by atoms with Gasteiger partial charge in [0.25, 0.3) is 0 Å². The lowest BCUT2D eigenvalue weighted by atomic mass is 9.91. The normalized spacial score (nSPS) is 22.6. The molecule has 3 aliphatic heterocycles. The van der Waals surface area contributed by atoms with E-state index in [1.54, 1.807) is 12.1 Å². The van der Waals surface area contributed by atoms with Crippen molar-refractivity contribution < 1.29 is 14.0 Å². The number of hydrogen-bond acceptors (Lipinski definition) is 5. The predicted molar refractivity (Wildman–Crippen MR) is 152 cm³/mol. The van der Waals surface area contributed by atoms with Crippen LogP contribution in [0.15, 0.2) is 36.5 Å². The van der Waals surface area contributed by atoms with Crippen molar-refractivity contribution in [3.05, 3.63) is 59.2 Å². The van der Waals surface area contributed by atoms with Crippen molar-refractivity contribution in [3.8, 4) is 0 Å². The van der Waals surface area contributed by atoms with Crippen LogP contribution in [0.25, 0.3) is 0 Å². The van der Waals surface area contributed by atoms with Gasteiger partial charge in [-0.25, -0.2) is 4.39 Å². The number of anilines is 1. The summed E-state index contributed by atoms with van der Waals surface area (Å²) in [6.07, 6.45) is 4.05. The number of pyridine rings is 1. The molecule has 38 heavy (non-hydrogen) atoms. The lowest BCUT2D eigenvalue weighted by molar-refractivity contribution is -0.128. The molecule has 0 saturated carbocycles. The van der Waals surface area contributed by atoms with E-state index in [-0.39, 0.29) is 59.9 Å². The maximum atomic E-state index is 13.7. The first-order valence-corrected chi connectivity index (χ1v) is 13.0. The molecule has 1 aromatic carbocycles. The van der Waals surface area contributed by atoms with E-state index in [1.807, 2.05) is 16.0 Å². The van der Waals surface area contributed by atoms with Gasteiger partial charge in [-0.15, -0.1) is 24.8 Å². The standard InChI is InChI=1S/C28H36FN5O2.2ClH/c1-19-15-33(23(14-30-19)16-32-10-4-5-25(32)35)17-26(36)34-18-28(2,3)27-24(34)12-21(13-31-27)11-20-6-8-22(29)9-7-20;;/h6-9,12-13,19,23,30H,4-5,10-11,14-18H2,1-3H3;2*1H/t19-,23-;;/m1../s1. The van der Waals surface area contributed by atoms with Gasteiger partial charge in [0.15, 0.2) is 0 Å². The number of aromatic nitrogens is 1. The molecule has 4 heterocycles. The van der Waals surface area contributed by atoms with Crippen molar-refractivity contribution in [1.29, 1.82) is 0 Å². The molecule has 208 valence electrons. The summed E-state index contributed by atoms with van der Waals surface area (Å²) >= 11 is 0. The molecule has 5 rings (SSSR count). The van der Waals surface area contributed by atoms with Crippen LogP contribution in [0.2, 0.25) is 0 Å². The molecule has 0 spiro atoms. The maximum Gasteiger partial charge on any atom is 0.241 e. The molecular formula is C28H38Cl2FN5O2. The summed E-state index contributed by atoms with van der Waals surface area (Å²) in [5.74, 6) is 0.0308. The summed E-state index contributed by atoms with van der Waals surface area (Å²) in [5.41, 5.74) is 3.57. The van der Waals surface area contributed by atoms with Crippen LogP contribution >= 0.6 is 24.8 Å². The summed E-state index contributed by atoms with van der Waals surface area (Å²) < 4.78 is 13.3. The molecule has 2 aromatic rings. The van der Waals surface area contributed by atoms with E-state index in [2.05, 4.69) is 37.1 Å². The monoisotopic (exact) mass is 565 g/mol. The highest BCUT2D eigenvalue weighted by Crippen LogP contribution is 2.39. The van der Waals surface area contributed by atoms with Gasteiger partial charge in [-0.3, -0.25) is 19.5 Å². The number of benzene rings is 1. The zero-order chi connectivity index (χ0) is 25.4. The van der Waals surface area contributed by atoms with Crippen LogP contribution in [0.1, 0.15) is 50.4 Å². The van der Waals surface area contributed by atoms with E-state index in [1.165, 1.54) is 12.1 Å². The van der Waals surface area contributed by atoms with Gasteiger partial charge < -0.3 is 15.1 Å². The Hall–Kier alpha value is -2.26. The first-order valence-electron chi connectivity index (χ1n) is 13.0. The number of likely N-dealkylation sites (tertiary alicyclic amines) is 1. The van der Waals surface area contributed by atoms with Gasteiger partial charge in [-0.05, 0) is 49.1 Å². The molecule has 7 nitrogen and oxygen atoms in total. The average molecular weight is 567 g/mol. The van der Waals surface area contributed by atoms with Crippen molar-refractivity contribution in [3.63, 3.8) is 0 Å². The summed E-state index contributed by atoms with van der Waals surface area (Å²) in [6.45, 7) is 10.3. The molecule has 0 radical (unpaired) electrons. The van der Waals surface area contributed by atoms with Gasteiger partial charge in [0, 0.05) is 62.8 Å². The zero-order valence-electron chi connectivity index (χ0n) is 22.3. The molecule has 0 aliphatic carbocycles. The van der Waals surface area contributed by atoms with Gasteiger partial charge >= 0.3 is 0 Å². The number of carbonyl (C=O) groups excluding carboxylic acids is 2. The van der Waals surface area contributed by atoms with E-state index >= 15 is 0 Å². The van der Waals surface area contributed by atoms with E-state index in [4.69, 9.17) is 4.98 Å². The Morgan fingerprint density at radius 2 is 1.92 bits per heavy atom. The first kappa shape index (κ1) is 30.3. The fourth-order valence-corrected chi connectivity index (χ4v) is 5.75. The van der Waals surface area contributed by atoms with Crippen molar-refractivity contribution in [2.75, 3.05) is 44.2 Å². The van der Waals surface area contributed by atoms with Crippen LogP contribution in [0.5, 0.6) is 0 Å². The molecule has 2 saturated heterocycles. The second-order valence-electron chi connectivity index (χ2n) is 11.2. The zero-order valence-corrected chi connectivity index (χ0v) is 23.9. The van der Waals surface area contributed by atoms with E-state index in [9.17, 15) is 14.0 Å². The average Bonchev–Trinajstić information content (AvgIpc) is 3.36. The van der Waals surface area contributed by atoms with Crippen LogP contribution < -0.4 is 10.2 Å². The highest BCUT2D eigenvalue weighted by atomic mass is 35.5. The number of piperazine rings is 1. The van der Waals surface area contributed by atoms with Gasteiger partial charge in [-0.1, -0.05) is 26.0 Å². The molecule has 0 bridgehead atoms. The fourth-order valence-electron chi connectivity index (χ4n) is 5.75. The van der Waals surface area contributed by atoms with Crippen molar-refractivity contribution in [1.82, 2.24) is 20.1 Å². The Balaban J connectivity index is 0.00000200. The second-order valence-corrected chi connectivity index (χ2v) is 11.2.